The molecule has 0 aliphatic carbocycles. The van der Waals surface area contributed by atoms with Gasteiger partial charge >= 0.3 is 0 Å². The Morgan fingerprint density at radius 1 is 1.24 bits per heavy atom. The van der Waals surface area contributed by atoms with Gasteiger partial charge in [-0.2, -0.15) is 0 Å². The Morgan fingerprint density at radius 2 is 1.92 bits per heavy atom. The van der Waals surface area contributed by atoms with Crippen LogP contribution in [0.15, 0.2) is 45.2 Å². The summed E-state index contributed by atoms with van der Waals surface area (Å²) in [6.07, 6.45) is 5.31. The molecule has 7 nitrogen and oxygen atoms in total. The number of hydrogen-bond acceptors (Lipinski definition) is 6. The summed E-state index contributed by atoms with van der Waals surface area (Å²) in [7, 11) is 4.86. The summed E-state index contributed by atoms with van der Waals surface area (Å²) in [6.45, 7) is 9.39. The van der Waals surface area contributed by atoms with Crippen molar-refractivity contribution in [2.45, 2.75) is 53.0 Å². The predicted molar refractivity (Wildman–Crippen MR) is 149 cm³/mol. The average Bonchev–Trinajstić information content (AvgIpc) is 2.87. The fourth-order valence-electron chi connectivity index (χ4n) is 4.38. The van der Waals surface area contributed by atoms with Crippen molar-refractivity contribution >= 4 is 22.7 Å². The van der Waals surface area contributed by atoms with Crippen LogP contribution in [0.1, 0.15) is 66.7 Å². The van der Waals surface area contributed by atoms with Gasteiger partial charge in [0.05, 0.1) is 5.56 Å². The van der Waals surface area contributed by atoms with Gasteiger partial charge in [-0.1, -0.05) is 37.8 Å². The number of aromatic nitrogens is 1. The molecule has 0 radical (unpaired) electrons. The van der Waals surface area contributed by atoms with E-state index < -0.39 is 11.2 Å². The molecule has 9 heteroatoms. The minimum atomic E-state index is -0.604. The van der Waals surface area contributed by atoms with Crippen LogP contribution in [-0.4, -0.2) is 59.9 Å². The van der Waals surface area contributed by atoms with Crippen molar-refractivity contribution in [2.24, 2.45) is 4.99 Å². The molecule has 1 aliphatic heterocycles. The zero-order valence-corrected chi connectivity index (χ0v) is 23.6. The molecule has 0 spiro atoms. The lowest BCUT2D eigenvalue weighted by molar-refractivity contribution is 0.0707. The van der Waals surface area contributed by atoms with Gasteiger partial charge in [0.15, 0.2) is 11.4 Å². The average molecular weight is 532 g/mol. The number of aromatic hydroxyl groups is 1. The van der Waals surface area contributed by atoms with Crippen molar-refractivity contribution in [3.8, 4) is 5.75 Å². The molecular formula is C28H38FN3O4S. The topological polar surface area (TPSA) is 84.1 Å². The van der Waals surface area contributed by atoms with Gasteiger partial charge < -0.3 is 19.3 Å². The van der Waals surface area contributed by atoms with Crippen LogP contribution in [0.5, 0.6) is 5.75 Å². The number of amides is 1. The smallest absolute Gasteiger partial charge is 0.274 e. The van der Waals surface area contributed by atoms with Crippen LogP contribution >= 0.6 is 11.8 Å². The summed E-state index contributed by atoms with van der Waals surface area (Å²) in [5.74, 6) is -1.14. The van der Waals surface area contributed by atoms with Crippen LogP contribution in [0, 0.1) is 12.7 Å². The SMILES string of the molecule is CC/C=C(/SC(=NC)c1cn2c(c(O)c1=O)C(=O)N(CC)CC2)C(CC)c1ccc(F)cc1C.COC. The van der Waals surface area contributed by atoms with Gasteiger partial charge in [-0.15, -0.1) is 0 Å². The third-order valence-electron chi connectivity index (χ3n) is 6.15. The monoisotopic (exact) mass is 531 g/mol. The number of thioether (sulfide) groups is 1. The van der Waals surface area contributed by atoms with Gasteiger partial charge in [-0.25, -0.2) is 4.39 Å². The minimum absolute atomic E-state index is 0.0102. The number of nitrogens with zero attached hydrogens (tertiary/aromatic N) is 3. The number of benzene rings is 1. The highest BCUT2D eigenvalue weighted by molar-refractivity contribution is 8.17. The first-order chi connectivity index (χ1) is 17.7. The third-order valence-corrected chi connectivity index (χ3v) is 7.43. The number of carbonyl (C=O) groups is 1. The number of allylic oxidation sites excluding steroid dienone is 2. The summed E-state index contributed by atoms with van der Waals surface area (Å²) in [5, 5.41) is 11.2. The molecule has 0 bridgehead atoms. The fraction of sp³-hybridized carbons (Fsp3) is 0.464. The molecule has 0 saturated carbocycles. The van der Waals surface area contributed by atoms with Gasteiger partial charge in [0.2, 0.25) is 5.43 Å². The molecule has 37 heavy (non-hydrogen) atoms. The Morgan fingerprint density at radius 3 is 2.46 bits per heavy atom. The molecule has 3 rings (SSSR count). The highest BCUT2D eigenvalue weighted by Crippen LogP contribution is 2.39. The zero-order chi connectivity index (χ0) is 27.7. The van der Waals surface area contributed by atoms with Crippen molar-refractivity contribution in [3.05, 3.63) is 73.8 Å². The molecular weight excluding hydrogens is 493 g/mol. The number of aliphatic imine (C=N–C) groups is 1. The number of methoxy groups -OCH3 is 1. The molecule has 2 heterocycles. The van der Waals surface area contributed by atoms with Crippen LogP contribution in [0.4, 0.5) is 4.39 Å². The predicted octanol–water partition coefficient (Wildman–Crippen LogP) is 5.34. The first kappa shape index (κ1) is 30.3. The van der Waals surface area contributed by atoms with Crippen LogP contribution in [0.25, 0.3) is 0 Å². The van der Waals surface area contributed by atoms with E-state index in [2.05, 4.69) is 22.7 Å². The first-order valence-electron chi connectivity index (χ1n) is 12.5. The van der Waals surface area contributed by atoms with E-state index in [0.29, 0.717) is 24.7 Å². The maximum absolute atomic E-state index is 13.7. The van der Waals surface area contributed by atoms with Crippen molar-refractivity contribution in [1.29, 1.82) is 0 Å². The number of ether oxygens (including phenoxy) is 1. The fourth-order valence-corrected chi connectivity index (χ4v) is 5.63. The standard InChI is InChI=1S/C26H32FN3O3S.C2H6O/c1-6-9-21(18(7-2)19-11-10-17(27)14-16(19)4)34-25(28-5)20-15-30-13-12-29(8-3)26(33)22(30)24(32)23(20)31;1-3-2/h9-11,14-15,18,32H,6-8,12-13H2,1-5H3;1-2H3/b21-9+,28-25?;. The molecule has 1 unspecified atom stereocenters. The number of likely N-dealkylation sites (N-methyl/N-ethyl adjacent to an activating group) is 1. The van der Waals surface area contributed by atoms with Crippen LogP contribution in [0.2, 0.25) is 0 Å². The highest BCUT2D eigenvalue weighted by atomic mass is 32.2. The van der Waals surface area contributed by atoms with Crippen LogP contribution in [-0.2, 0) is 11.3 Å². The van der Waals surface area contributed by atoms with E-state index >= 15 is 0 Å². The molecule has 1 amide bonds. The lowest BCUT2D eigenvalue weighted by Gasteiger charge is -2.29. The summed E-state index contributed by atoms with van der Waals surface area (Å²) in [6, 6.07) is 4.82. The van der Waals surface area contributed by atoms with Gasteiger partial charge in [0.25, 0.3) is 5.91 Å². The van der Waals surface area contributed by atoms with Gasteiger partial charge in [0.1, 0.15) is 10.9 Å². The molecule has 202 valence electrons. The van der Waals surface area contributed by atoms with E-state index in [4.69, 9.17) is 0 Å². The summed E-state index contributed by atoms with van der Waals surface area (Å²) in [4.78, 5) is 32.8. The molecule has 1 aromatic heterocycles. The second kappa shape index (κ2) is 14.1. The molecule has 1 N–H and O–H groups in total. The van der Waals surface area contributed by atoms with E-state index in [1.54, 1.807) is 36.9 Å². The van der Waals surface area contributed by atoms with Crippen LogP contribution in [0.3, 0.4) is 0 Å². The van der Waals surface area contributed by atoms with Gasteiger partial charge in [-0.3, -0.25) is 14.6 Å². The largest absolute Gasteiger partial charge is 0.503 e. The van der Waals surface area contributed by atoms with Crippen molar-refractivity contribution in [1.82, 2.24) is 9.47 Å². The number of hydrogen-bond donors (Lipinski definition) is 1. The molecule has 0 saturated heterocycles. The summed E-state index contributed by atoms with van der Waals surface area (Å²) < 4.78 is 19.6. The minimum Gasteiger partial charge on any atom is -0.503 e. The highest BCUT2D eigenvalue weighted by Gasteiger charge is 2.30. The molecule has 1 atom stereocenters. The Balaban J connectivity index is 0.00000153. The number of aryl methyl sites for hydroxylation is 1. The number of fused-ring (bicyclic) bond motifs is 1. The normalized spacial score (nSPS) is 14.7. The zero-order valence-electron chi connectivity index (χ0n) is 22.8. The molecule has 1 aliphatic rings. The first-order valence-corrected chi connectivity index (χ1v) is 13.3. The number of carbonyl (C=O) groups excluding carboxylic acids is 1. The van der Waals surface area contributed by atoms with Crippen LogP contribution < -0.4 is 5.43 Å². The maximum Gasteiger partial charge on any atom is 0.274 e. The molecule has 1 aromatic carbocycles. The summed E-state index contributed by atoms with van der Waals surface area (Å²) in [5.41, 5.74) is 1.59. The number of pyridine rings is 1. The molecule has 2 aromatic rings. The Bertz CT molecular complexity index is 1220. The van der Waals surface area contributed by atoms with E-state index in [-0.39, 0.29) is 28.9 Å². The van der Waals surface area contributed by atoms with E-state index in [1.165, 1.54) is 23.9 Å². The second-order valence-corrected chi connectivity index (χ2v) is 9.73. The van der Waals surface area contributed by atoms with Crippen molar-refractivity contribution in [3.63, 3.8) is 0 Å². The Hall–Kier alpha value is -2.91. The lowest BCUT2D eigenvalue weighted by atomic mass is 9.91. The molecule has 0 fully saturated rings. The van der Waals surface area contributed by atoms with Crippen molar-refractivity contribution < 1.29 is 19.0 Å². The van der Waals surface area contributed by atoms with Gasteiger partial charge in [0, 0.05) is 53.0 Å². The van der Waals surface area contributed by atoms with Gasteiger partial charge in [-0.05, 0) is 54.9 Å². The third kappa shape index (κ3) is 6.90. The van der Waals surface area contributed by atoms with E-state index in [1.807, 2.05) is 26.8 Å². The maximum atomic E-state index is 13.7. The Kier molecular flexibility index (Phi) is 11.6. The second-order valence-electron chi connectivity index (χ2n) is 8.66. The number of rotatable bonds is 7. The quantitative estimate of drug-likeness (QED) is 0.385. The van der Waals surface area contributed by atoms with Crippen molar-refractivity contribution in [2.75, 3.05) is 34.4 Å². The Labute approximate surface area is 223 Å². The number of halogens is 1. The van der Waals surface area contributed by atoms with E-state index in [9.17, 15) is 19.1 Å². The lowest BCUT2D eigenvalue weighted by Crippen LogP contribution is -2.42. The van der Waals surface area contributed by atoms with E-state index in [0.717, 1.165) is 28.9 Å². The summed E-state index contributed by atoms with van der Waals surface area (Å²) >= 11 is 1.38.